The Labute approximate surface area is 127 Å². The van der Waals surface area contributed by atoms with Crippen molar-refractivity contribution in [1.82, 2.24) is 4.90 Å². The summed E-state index contributed by atoms with van der Waals surface area (Å²) in [5.74, 6) is 0.518. The molecular formula is C17H26N4. The lowest BCUT2D eigenvalue weighted by Crippen LogP contribution is -2.34. The van der Waals surface area contributed by atoms with Crippen molar-refractivity contribution >= 4 is 11.6 Å². The van der Waals surface area contributed by atoms with Crippen LogP contribution in [0, 0.1) is 0 Å². The van der Waals surface area contributed by atoms with Crippen molar-refractivity contribution in [3.05, 3.63) is 29.3 Å². The van der Waals surface area contributed by atoms with Crippen molar-refractivity contribution in [2.45, 2.75) is 51.1 Å². The predicted molar refractivity (Wildman–Crippen MR) is 88.8 cm³/mol. The minimum Gasteiger partial charge on any atom is -0.370 e. The molecule has 0 saturated heterocycles. The predicted octanol–water partition coefficient (Wildman–Crippen LogP) is 2.38. The van der Waals surface area contributed by atoms with Crippen LogP contribution in [0.15, 0.2) is 23.2 Å². The Bertz CT molecular complexity index is 534. The van der Waals surface area contributed by atoms with E-state index in [0.29, 0.717) is 12.0 Å². The summed E-state index contributed by atoms with van der Waals surface area (Å²) in [6.45, 7) is 2.96. The molecule has 0 radical (unpaired) electrons. The second kappa shape index (κ2) is 6.06. The van der Waals surface area contributed by atoms with E-state index in [-0.39, 0.29) is 0 Å². The van der Waals surface area contributed by atoms with Gasteiger partial charge in [-0.25, -0.2) is 0 Å². The van der Waals surface area contributed by atoms with Crippen LogP contribution < -0.4 is 11.1 Å². The Hall–Kier alpha value is -1.55. The van der Waals surface area contributed by atoms with Gasteiger partial charge in [-0.3, -0.25) is 9.89 Å². The topological polar surface area (TPSA) is 53.6 Å². The Morgan fingerprint density at radius 3 is 2.90 bits per heavy atom. The summed E-state index contributed by atoms with van der Waals surface area (Å²) in [5.41, 5.74) is 10.0. The quantitative estimate of drug-likeness (QED) is 0.645. The maximum absolute atomic E-state index is 6.01. The fraction of sp³-hybridized carbons (Fsp3) is 0.588. The number of anilines is 1. The van der Waals surface area contributed by atoms with Crippen LogP contribution in [0.4, 0.5) is 5.69 Å². The molecular weight excluding hydrogens is 260 g/mol. The van der Waals surface area contributed by atoms with Crippen molar-refractivity contribution in [2.24, 2.45) is 10.7 Å². The number of aryl methyl sites for hydroxylation is 2. The first-order valence-corrected chi connectivity index (χ1v) is 8.04. The summed E-state index contributed by atoms with van der Waals surface area (Å²) in [6, 6.07) is 7.73. The molecule has 4 nitrogen and oxygen atoms in total. The molecule has 21 heavy (non-hydrogen) atoms. The molecule has 3 N–H and O–H groups in total. The number of nitrogens with zero attached hydrogens (tertiary/aromatic N) is 2. The minimum atomic E-state index is 0.442. The molecule has 1 aromatic carbocycles. The van der Waals surface area contributed by atoms with Gasteiger partial charge in [0.15, 0.2) is 5.96 Å². The number of nitrogens with one attached hydrogen (secondary N) is 1. The lowest BCUT2D eigenvalue weighted by molar-refractivity contribution is 0.253. The van der Waals surface area contributed by atoms with E-state index in [2.05, 4.69) is 47.4 Å². The summed E-state index contributed by atoms with van der Waals surface area (Å²) < 4.78 is 0. The van der Waals surface area contributed by atoms with Crippen LogP contribution in [0.2, 0.25) is 0 Å². The summed E-state index contributed by atoms with van der Waals surface area (Å²) in [5, 5.41) is 3.22. The fourth-order valence-corrected chi connectivity index (χ4v) is 3.04. The molecule has 2 aliphatic rings. The summed E-state index contributed by atoms with van der Waals surface area (Å²) in [6.07, 6.45) is 6.32. The molecule has 0 amide bonds. The van der Waals surface area contributed by atoms with Gasteiger partial charge in [0.05, 0.1) is 6.54 Å². The van der Waals surface area contributed by atoms with E-state index < -0.39 is 0 Å². The van der Waals surface area contributed by atoms with Crippen molar-refractivity contribution < 1.29 is 0 Å². The molecule has 1 fully saturated rings. The molecule has 1 atom stereocenters. The maximum atomic E-state index is 6.01. The first kappa shape index (κ1) is 14.4. The van der Waals surface area contributed by atoms with Crippen LogP contribution in [-0.2, 0) is 12.8 Å². The molecule has 0 aromatic heterocycles. The van der Waals surface area contributed by atoms with Crippen LogP contribution in [-0.4, -0.2) is 36.5 Å². The zero-order valence-corrected chi connectivity index (χ0v) is 13.1. The highest BCUT2D eigenvalue weighted by Crippen LogP contribution is 2.27. The first-order valence-electron chi connectivity index (χ1n) is 8.04. The number of likely N-dealkylation sites (N-methyl/N-ethyl adjacent to an activating group) is 1. The van der Waals surface area contributed by atoms with Crippen LogP contribution in [0.25, 0.3) is 0 Å². The normalized spacial score (nSPS) is 19.7. The number of hydrogen-bond donors (Lipinski definition) is 2. The highest BCUT2D eigenvalue weighted by atomic mass is 15.2. The van der Waals surface area contributed by atoms with Crippen molar-refractivity contribution in [2.75, 3.05) is 18.9 Å². The van der Waals surface area contributed by atoms with Gasteiger partial charge in [-0.2, -0.15) is 0 Å². The van der Waals surface area contributed by atoms with Gasteiger partial charge < -0.3 is 11.1 Å². The lowest BCUT2D eigenvalue weighted by Gasteiger charge is -2.22. The van der Waals surface area contributed by atoms with Crippen molar-refractivity contribution in [1.29, 1.82) is 0 Å². The van der Waals surface area contributed by atoms with Gasteiger partial charge in [0.2, 0.25) is 0 Å². The third kappa shape index (κ3) is 3.56. The number of nitrogens with two attached hydrogens (primary N) is 1. The number of guanidine groups is 1. The lowest BCUT2D eigenvalue weighted by atomic mass is 10.1. The Morgan fingerprint density at radius 2 is 2.14 bits per heavy atom. The Kier molecular flexibility index (Phi) is 4.15. The van der Waals surface area contributed by atoms with Gasteiger partial charge in [0, 0.05) is 17.8 Å². The van der Waals surface area contributed by atoms with Crippen molar-refractivity contribution in [3.63, 3.8) is 0 Å². The Balaban J connectivity index is 1.55. The molecule has 4 heteroatoms. The van der Waals surface area contributed by atoms with Crippen LogP contribution in [0.3, 0.4) is 0 Å². The summed E-state index contributed by atoms with van der Waals surface area (Å²) >= 11 is 0. The van der Waals surface area contributed by atoms with E-state index in [0.717, 1.165) is 18.3 Å². The van der Waals surface area contributed by atoms with Gasteiger partial charge in [-0.05, 0) is 69.3 Å². The number of rotatable bonds is 5. The summed E-state index contributed by atoms with van der Waals surface area (Å²) in [4.78, 5) is 6.89. The molecule has 0 spiro atoms. The number of hydrogen-bond acceptors (Lipinski definition) is 2. The highest BCUT2D eigenvalue weighted by molar-refractivity contribution is 5.92. The molecule has 1 unspecified atom stereocenters. The van der Waals surface area contributed by atoms with Crippen LogP contribution in [0.5, 0.6) is 0 Å². The average Bonchev–Trinajstić information content (AvgIpc) is 3.22. The van der Waals surface area contributed by atoms with Crippen LogP contribution >= 0.6 is 0 Å². The minimum absolute atomic E-state index is 0.442. The third-order valence-electron chi connectivity index (χ3n) is 4.71. The zero-order chi connectivity index (χ0) is 14.8. The van der Waals surface area contributed by atoms with E-state index in [4.69, 9.17) is 5.73 Å². The second-order valence-corrected chi connectivity index (χ2v) is 6.43. The van der Waals surface area contributed by atoms with E-state index >= 15 is 0 Å². The van der Waals surface area contributed by atoms with E-state index in [1.54, 1.807) is 0 Å². The largest absolute Gasteiger partial charge is 0.370 e. The Morgan fingerprint density at radius 1 is 1.38 bits per heavy atom. The average molecular weight is 286 g/mol. The first-order chi connectivity index (χ1) is 10.1. The van der Waals surface area contributed by atoms with E-state index in [1.165, 1.54) is 43.2 Å². The molecule has 0 aliphatic heterocycles. The standard InChI is InChI=1S/C17H26N4/c1-12(21(2)16-8-9-16)11-19-17(18)20-15-7-6-13-4-3-5-14(13)10-15/h6-7,10,12,16H,3-5,8-9,11H2,1-2H3,(H3,18,19,20). The number of benzene rings is 1. The molecule has 0 heterocycles. The van der Waals surface area contributed by atoms with Crippen molar-refractivity contribution in [3.8, 4) is 0 Å². The van der Waals surface area contributed by atoms with Crippen LogP contribution in [0.1, 0.15) is 37.3 Å². The van der Waals surface area contributed by atoms with E-state index in [1.807, 2.05) is 0 Å². The van der Waals surface area contributed by atoms with Gasteiger partial charge in [-0.15, -0.1) is 0 Å². The molecule has 0 bridgehead atoms. The van der Waals surface area contributed by atoms with Gasteiger partial charge in [-0.1, -0.05) is 6.07 Å². The molecule has 2 aliphatic carbocycles. The number of fused-ring (bicyclic) bond motifs is 1. The molecule has 3 rings (SSSR count). The van der Waals surface area contributed by atoms with E-state index in [9.17, 15) is 0 Å². The summed E-state index contributed by atoms with van der Waals surface area (Å²) in [7, 11) is 2.18. The van der Waals surface area contributed by atoms with Gasteiger partial charge in [0.25, 0.3) is 0 Å². The second-order valence-electron chi connectivity index (χ2n) is 6.43. The zero-order valence-electron chi connectivity index (χ0n) is 13.1. The SMILES string of the molecule is CC(CN=C(N)Nc1ccc2c(c1)CCC2)N(C)C1CC1. The molecule has 1 aromatic rings. The number of aliphatic imine (C=N–C) groups is 1. The molecule has 114 valence electrons. The maximum Gasteiger partial charge on any atom is 0.193 e. The highest BCUT2D eigenvalue weighted by Gasteiger charge is 2.28. The smallest absolute Gasteiger partial charge is 0.193 e. The molecule has 1 saturated carbocycles. The van der Waals surface area contributed by atoms with Gasteiger partial charge in [0.1, 0.15) is 0 Å². The monoisotopic (exact) mass is 286 g/mol. The fourth-order valence-electron chi connectivity index (χ4n) is 3.04. The third-order valence-corrected chi connectivity index (χ3v) is 4.71. The van der Waals surface area contributed by atoms with Gasteiger partial charge >= 0.3 is 0 Å².